The van der Waals surface area contributed by atoms with Crippen molar-refractivity contribution in [3.8, 4) is 0 Å². The Morgan fingerprint density at radius 3 is 2.50 bits per heavy atom. The fourth-order valence-corrected chi connectivity index (χ4v) is 4.71. The molecule has 1 aromatic heterocycles. The SMILES string of the molecule is CN1CCN(c2ccc(Nc3nccc(C4SC(=O)NC4(C)C)n3)cc2)CC1. The Morgan fingerprint density at radius 1 is 1.14 bits per heavy atom. The van der Waals surface area contributed by atoms with Gasteiger partial charge in [0.05, 0.1) is 16.5 Å². The van der Waals surface area contributed by atoms with Crippen LogP contribution in [0.3, 0.4) is 0 Å². The van der Waals surface area contributed by atoms with E-state index in [9.17, 15) is 4.79 Å². The molecule has 8 heteroatoms. The third-order valence-electron chi connectivity index (χ3n) is 5.24. The first-order valence-electron chi connectivity index (χ1n) is 9.53. The first-order valence-corrected chi connectivity index (χ1v) is 10.4. The molecule has 1 aromatic carbocycles. The summed E-state index contributed by atoms with van der Waals surface area (Å²) >= 11 is 1.28. The number of piperazine rings is 1. The summed E-state index contributed by atoms with van der Waals surface area (Å²) in [6.45, 7) is 8.32. The molecule has 1 amide bonds. The van der Waals surface area contributed by atoms with E-state index in [2.05, 4.69) is 61.7 Å². The summed E-state index contributed by atoms with van der Waals surface area (Å²) in [5.41, 5.74) is 2.70. The van der Waals surface area contributed by atoms with Crippen molar-refractivity contribution in [2.75, 3.05) is 43.4 Å². The standard InChI is InChI=1S/C20H26N6OS/c1-20(2)17(28-19(27)24-20)16-8-9-21-18(23-16)22-14-4-6-15(7-5-14)26-12-10-25(3)11-13-26/h4-9,17H,10-13H2,1-3H3,(H,24,27)(H,21,22,23). The molecular weight excluding hydrogens is 372 g/mol. The molecule has 2 aliphatic heterocycles. The number of amides is 1. The monoisotopic (exact) mass is 398 g/mol. The average molecular weight is 399 g/mol. The zero-order chi connectivity index (χ0) is 19.7. The Bertz CT molecular complexity index is 848. The Hall–Kier alpha value is -2.32. The second-order valence-electron chi connectivity index (χ2n) is 7.90. The fraction of sp³-hybridized carbons (Fsp3) is 0.450. The van der Waals surface area contributed by atoms with Gasteiger partial charge in [0.15, 0.2) is 0 Å². The van der Waals surface area contributed by atoms with Crippen LogP contribution in [0.5, 0.6) is 0 Å². The Kier molecular flexibility index (Phi) is 5.16. The summed E-state index contributed by atoms with van der Waals surface area (Å²) in [7, 11) is 2.16. The lowest BCUT2D eigenvalue weighted by Gasteiger charge is -2.34. The van der Waals surface area contributed by atoms with Gasteiger partial charge in [0, 0.05) is 43.8 Å². The molecular formula is C20H26N6OS. The highest BCUT2D eigenvalue weighted by Gasteiger charge is 2.42. The summed E-state index contributed by atoms with van der Waals surface area (Å²) in [4.78, 5) is 25.5. The average Bonchev–Trinajstić information content (AvgIpc) is 2.95. The minimum atomic E-state index is -0.336. The van der Waals surface area contributed by atoms with E-state index in [-0.39, 0.29) is 16.0 Å². The smallest absolute Gasteiger partial charge is 0.280 e. The first kappa shape index (κ1) is 19.0. The van der Waals surface area contributed by atoms with Gasteiger partial charge < -0.3 is 20.4 Å². The van der Waals surface area contributed by atoms with Gasteiger partial charge in [-0.15, -0.1) is 0 Å². The number of nitrogens with zero attached hydrogens (tertiary/aromatic N) is 4. The van der Waals surface area contributed by atoms with Gasteiger partial charge in [0.1, 0.15) is 0 Å². The molecule has 0 radical (unpaired) electrons. The van der Waals surface area contributed by atoms with Gasteiger partial charge in [-0.2, -0.15) is 0 Å². The van der Waals surface area contributed by atoms with Crippen LogP contribution >= 0.6 is 11.8 Å². The molecule has 3 heterocycles. The van der Waals surface area contributed by atoms with E-state index in [1.165, 1.54) is 17.4 Å². The summed E-state index contributed by atoms with van der Waals surface area (Å²) in [6, 6.07) is 10.3. The van der Waals surface area contributed by atoms with Crippen LogP contribution in [0.25, 0.3) is 0 Å². The molecule has 7 nitrogen and oxygen atoms in total. The third-order valence-corrected chi connectivity index (χ3v) is 6.62. The lowest BCUT2D eigenvalue weighted by Crippen LogP contribution is -2.44. The predicted molar refractivity (Wildman–Crippen MR) is 114 cm³/mol. The van der Waals surface area contributed by atoms with Gasteiger partial charge in [0.2, 0.25) is 5.95 Å². The number of likely N-dealkylation sites (N-methyl/N-ethyl adjacent to an activating group) is 1. The van der Waals surface area contributed by atoms with Crippen LogP contribution in [0.1, 0.15) is 24.8 Å². The maximum absolute atomic E-state index is 11.8. The molecule has 2 fully saturated rings. The second kappa shape index (κ2) is 7.60. The van der Waals surface area contributed by atoms with E-state index < -0.39 is 0 Å². The van der Waals surface area contributed by atoms with Gasteiger partial charge in [-0.25, -0.2) is 9.97 Å². The number of thioether (sulfide) groups is 1. The Morgan fingerprint density at radius 2 is 1.86 bits per heavy atom. The summed E-state index contributed by atoms with van der Waals surface area (Å²) in [5, 5.41) is 6.22. The number of carbonyl (C=O) groups excluding carboxylic acids is 1. The van der Waals surface area contributed by atoms with Crippen molar-refractivity contribution in [3.05, 3.63) is 42.2 Å². The number of rotatable bonds is 4. The highest BCUT2D eigenvalue weighted by molar-refractivity contribution is 8.14. The van der Waals surface area contributed by atoms with Crippen molar-refractivity contribution in [2.45, 2.75) is 24.6 Å². The van der Waals surface area contributed by atoms with Crippen molar-refractivity contribution in [2.24, 2.45) is 0 Å². The lowest BCUT2D eigenvalue weighted by atomic mass is 9.98. The van der Waals surface area contributed by atoms with Gasteiger partial charge in [0.25, 0.3) is 5.24 Å². The summed E-state index contributed by atoms with van der Waals surface area (Å²) < 4.78 is 0. The van der Waals surface area contributed by atoms with Crippen molar-refractivity contribution in [1.82, 2.24) is 20.2 Å². The second-order valence-corrected chi connectivity index (χ2v) is 8.98. The van der Waals surface area contributed by atoms with Crippen LogP contribution < -0.4 is 15.5 Å². The molecule has 2 aromatic rings. The van der Waals surface area contributed by atoms with Crippen LogP contribution in [0.15, 0.2) is 36.5 Å². The maximum Gasteiger partial charge on any atom is 0.280 e. The molecule has 2 N–H and O–H groups in total. The highest BCUT2D eigenvalue weighted by atomic mass is 32.2. The molecule has 28 heavy (non-hydrogen) atoms. The van der Waals surface area contributed by atoms with Crippen LogP contribution in [0, 0.1) is 0 Å². The van der Waals surface area contributed by atoms with E-state index in [0.717, 1.165) is 37.6 Å². The van der Waals surface area contributed by atoms with Crippen molar-refractivity contribution < 1.29 is 4.79 Å². The van der Waals surface area contributed by atoms with Crippen molar-refractivity contribution >= 4 is 34.3 Å². The van der Waals surface area contributed by atoms with Crippen LogP contribution in [-0.2, 0) is 0 Å². The predicted octanol–water partition coefficient (Wildman–Crippen LogP) is 3.25. The number of nitrogens with one attached hydrogen (secondary N) is 2. The number of hydrogen-bond acceptors (Lipinski definition) is 7. The van der Waals surface area contributed by atoms with Gasteiger partial charge in [-0.05, 0) is 51.2 Å². The Labute approximate surface area is 169 Å². The van der Waals surface area contributed by atoms with E-state index in [4.69, 9.17) is 0 Å². The molecule has 2 aliphatic rings. The van der Waals surface area contributed by atoms with Gasteiger partial charge in [-0.1, -0.05) is 11.8 Å². The Balaban J connectivity index is 1.45. The molecule has 4 rings (SSSR count). The van der Waals surface area contributed by atoms with E-state index >= 15 is 0 Å². The van der Waals surface area contributed by atoms with Crippen LogP contribution in [0.4, 0.5) is 22.1 Å². The zero-order valence-corrected chi connectivity index (χ0v) is 17.3. The lowest BCUT2D eigenvalue weighted by molar-refractivity contribution is 0.254. The van der Waals surface area contributed by atoms with Gasteiger partial charge in [-0.3, -0.25) is 4.79 Å². The maximum atomic E-state index is 11.8. The topological polar surface area (TPSA) is 73.4 Å². The molecule has 0 bridgehead atoms. The summed E-state index contributed by atoms with van der Waals surface area (Å²) in [5.74, 6) is 0.542. The molecule has 1 unspecified atom stereocenters. The molecule has 0 spiro atoms. The molecule has 148 valence electrons. The number of aromatic nitrogens is 2. The minimum Gasteiger partial charge on any atom is -0.369 e. The number of carbonyl (C=O) groups is 1. The number of anilines is 3. The normalized spacial score (nSPS) is 22.2. The molecule has 1 atom stereocenters. The van der Waals surface area contributed by atoms with Crippen molar-refractivity contribution in [1.29, 1.82) is 0 Å². The molecule has 0 saturated carbocycles. The van der Waals surface area contributed by atoms with E-state index in [1.807, 2.05) is 19.9 Å². The van der Waals surface area contributed by atoms with E-state index in [1.54, 1.807) is 6.20 Å². The number of hydrogen-bond donors (Lipinski definition) is 2. The largest absolute Gasteiger partial charge is 0.369 e. The van der Waals surface area contributed by atoms with Crippen LogP contribution in [0.2, 0.25) is 0 Å². The fourth-order valence-electron chi connectivity index (χ4n) is 3.57. The van der Waals surface area contributed by atoms with Gasteiger partial charge >= 0.3 is 0 Å². The van der Waals surface area contributed by atoms with Crippen molar-refractivity contribution in [3.63, 3.8) is 0 Å². The highest BCUT2D eigenvalue weighted by Crippen LogP contribution is 2.43. The summed E-state index contributed by atoms with van der Waals surface area (Å²) in [6.07, 6.45) is 1.74. The first-order chi connectivity index (χ1) is 13.4. The van der Waals surface area contributed by atoms with E-state index in [0.29, 0.717) is 5.95 Å². The zero-order valence-electron chi connectivity index (χ0n) is 16.5. The minimum absolute atomic E-state index is 0.0115. The molecule has 0 aliphatic carbocycles. The van der Waals surface area contributed by atoms with Crippen LogP contribution in [-0.4, -0.2) is 58.9 Å². The third kappa shape index (κ3) is 4.07. The quantitative estimate of drug-likeness (QED) is 0.819. The number of benzene rings is 1. The molecule has 2 saturated heterocycles.